The fourth-order valence-corrected chi connectivity index (χ4v) is 7.09. The largest absolute Gasteiger partial charge is 0.481 e. The van der Waals surface area contributed by atoms with Crippen molar-refractivity contribution in [2.45, 2.75) is 67.6 Å². The molecule has 12 heteroatoms. The molecule has 2 aliphatic rings. The number of aryl methyl sites for hydroxylation is 1. The Kier molecular flexibility index (Phi) is 10.5. The number of amides is 2. The van der Waals surface area contributed by atoms with Gasteiger partial charge in [-0.1, -0.05) is 40.8 Å². The fourth-order valence-electron chi connectivity index (χ4n) is 6.46. The van der Waals surface area contributed by atoms with Gasteiger partial charge in [-0.15, -0.1) is 0 Å². The Hall–Kier alpha value is -3.10. The van der Waals surface area contributed by atoms with E-state index in [0.29, 0.717) is 60.0 Å². The third-order valence-electron chi connectivity index (χ3n) is 8.79. The van der Waals surface area contributed by atoms with Gasteiger partial charge in [-0.25, -0.2) is 4.39 Å². The molecule has 2 amide bonds. The predicted octanol–water partition coefficient (Wildman–Crippen LogP) is 5.11. The molecule has 2 heterocycles. The Labute approximate surface area is 269 Å². The van der Waals surface area contributed by atoms with Crippen LogP contribution in [-0.4, -0.2) is 76.1 Å². The number of halogens is 2. The zero-order chi connectivity index (χ0) is 31.4. The van der Waals surface area contributed by atoms with Gasteiger partial charge in [0.15, 0.2) is 5.69 Å². The average molecular weight is 721 g/mol. The first-order valence-electron chi connectivity index (χ1n) is 14.9. The number of nitrogens with zero attached hydrogens (tertiary/aromatic N) is 3. The smallest absolute Gasteiger partial charge is 0.306 e. The maximum Gasteiger partial charge on any atom is 0.306 e. The normalized spacial score (nSPS) is 22.0. The predicted molar refractivity (Wildman–Crippen MR) is 171 cm³/mol. The molecule has 1 aromatic heterocycles. The molecule has 1 aliphatic heterocycles. The second kappa shape index (κ2) is 14.3. The van der Waals surface area contributed by atoms with Gasteiger partial charge in [0.25, 0.3) is 5.91 Å². The second-order valence-electron chi connectivity index (χ2n) is 11.6. The molecule has 1 aliphatic carbocycles. The first-order valence-corrected chi connectivity index (χ1v) is 16.5. The summed E-state index contributed by atoms with van der Waals surface area (Å²) >= 11 is 2.16. The van der Waals surface area contributed by atoms with Gasteiger partial charge in [0.1, 0.15) is 5.82 Å². The lowest BCUT2D eigenvalue weighted by atomic mass is 9.87. The van der Waals surface area contributed by atoms with Crippen LogP contribution in [0.1, 0.15) is 60.1 Å². The molecule has 1 saturated carbocycles. The first kappa shape index (κ1) is 32.3. The third kappa shape index (κ3) is 7.07. The summed E-state index contributed by atoms with van der Waals surface area (Å²) in [5.74, 6) is -2.28. The molecule has 0 unspecified atom stereocenters. The van der Waals surface area contributed by atoms with Gasteiger partial charge >= 0.3 is 5.97 Å². The number of carbonyl (C=O) groups excluding carboxylic acids is 2. The van der Waals surface area contributed by atoms with E-state index in [4.69, 9.17) is 9.47 Å². The number of carboxylic acid groups (broad SMARTS) is 1. The number of aliphatic carboxylic acids is 1. The van der Waals surface area contributed by atoms with E-state index in [1.807, 2.05) is 24.3 Å². The lowest BCUT2D eigenvalue weighted by Gasteiger charge is -2.32. The number of nitrogens with one attached hydrogen (secondary N) is 1. The molecular formula is C32H38FIN4O6. The number of benzene rings is 2. The van der Waals surface area contributed by atoms with E-state index < -0.39 is 17.7 Å². The number of likely N-dealkylation sites (tertiary alicyclic amines) is 1. The molecule has 0 spiro atoms. The van der Waals surface area contributed by atoms with Crippen molar-refractivity contribution < 1.29 is 33.4 Å². The van der Waals surface area contributed by atoms with Crippen LogP contribution in [0.5, 0.6) is 0 Å². The number of ether oxygens (including phenoxy) is 2. The summed E-state index contributed by atoms with van der Waals surface area (Å²) in [6.07, 6.45) is 3.90. The number of aromatic nitrogens is 2. The Morgan fingerprint density at radius 3 is 2.43 bits per heavy atom. The minimum absolute atomic E-state index is 0.0282. The third-order valence-corrected chi connectivity index (χ3v) is 9.62. The van der Waals surface area contributed by atoms with Crippen LogP contribution in [-0.2, 0) is 37.0 Å². The lowest BCUT2D eigenvalue weighted by Crippen LogP contribution is -2.46. The minimum Gasteiger partial charge on any atom is -0.481 e. The van der Waals surface area contributed by atoms with Gasteiger partial charge in [0.05, 0.1) is 49.3 Å². The number of methoxy groups -OCH3 is 1. The molecule has 3 aromatic rings. The zero-order valence-corrected chi connectivity index (χ0v) is 27.1. The maximum atomic E-state index is 15.5. The Morgan fingerprint density at radius 1 is 1.05 bits per heavy atom. The summed E-state index contributed by atoms with van der Waals surface area (Å²) in [4.78, 5) is 40.0. The van der Waals surface area contributed by atoms with Gasteiger partial charge < -0.3 is 24.8 Å². The number of rotatable bonds is 11. The summed E-state index contributed by atoms with van der Waals surface area (Å²) in [5, 5.41) is 17.2. The Balaban J connectivity index is 1.27. The summed E-state index contributed by atoms with van der Waals surface area (Å²) in [6, 6.07) is 10.0. The van der Waals surface area contributed by atoms with Crippen LogP contribution in [0.2, 0.25) is 0 Å². The van der Waals surface area contributed by atoms with Gasteiger partial charge in [-0.2, -0.15) is 5.10 Å². The van der Waals surface area contributed by atoms with E-state index in [1.54, 1.807) is 29.8 Å². The highest BCUT2D eigenvalue weighted by atomic mass is 127. The minimum atomic E-state index is -0.756. The molecule has 2 fully saturated rings. The number of anilines is 1. The highest BCUT2D eigenvalue weighted by Crippen LogP contribution is 2.31. The molecule has 0 bridgehead atoms. The van der Waals surface area contributed by atoms with E-state index in [0.717, 1.165) is 18.4 Å². The monoisotopic (exact) mass is 720 g/mol. The van der Waals surface area contributed by atoms with E-state index in [-0.39, 0.29) is 47.7 Å². The molecular weight excluding hydrogens is 682 g/mol. The van der Waals surface area contributed by atoms with Crippen LogP contribution < -0.4 is 5.32 Å². The van der Waals surface area contributed by atoms with Crippen molar-refractivity contribution in [2.24, 2.45) is 13.0 Å². The van der Waals surface area contributed by atoms with E-state index in [1.165, 1.54) is 6.07 Å². The zero-order valence-electron chi connectivity index (χ0n) is 24.9. The molecule has 5 rings (SSSR count). The topological polar surface area (TPSA) is 123 Å². The van der Waals surface area contributed by atoms with Crippen LogP contribution in [0.25, 0.3) is 10.9 Å². The number of para-hydroxylation sites is 1. The van der Waals surface area contributed by atoms with E-state index in [2.05, 4.69) is 33.0 Å². The number of hydrogen-bond donors (Lipinski definition) is 2. The van der Waals surface area contributed by atoms with Crippen molar-refractivity contribution in [3.63, 3.8) is 0 Å². The average Bonchev–Trinajstić information content (AvgIpc) is 3.58. The number of carbonyl (C=O) groups is 3. The van der Waals surface area contributed by atoms with Crippen molar-refractivity contribution >= 4 is 57.0 Å². The molecule has 2 aromatic carbocycles. The highest BCUT2D eigenvalue weighted by Gasteiger charge is 2.38. The van der Waals surface area contributed by atoms with Gasteiger partial charge in [0.2, 0.25) is 5.91 Å². The van der Waals surface area contributed by atoms with Crippen molar-refractivity contribution in [3.8, 4) is 0 Å². The highest BCUT2D eigenvalue weighted by molar-refractivity contribution is 14.1. The Morgan fingerprint density at radius 2 is 1.75 bits per heavy atom. The lowest BCUT2D eigenvalue weighted by molar-refractivity contribution is -0.144. The SMILES string of the molecule is COC[C@@H]1CC[C@@H](CO[C@H]2CC[C@H](C(=O)O)CC2)N1C(=O)Cc1cc(CI)c(NC(=O)c2nn(C)c3ccccc23)cc1F. The molecule has 0 radical (unpaired) electrons. The van der Waals surface area contributed by atoms with Crippen LogP contribution in [0.3, 0.4) is 0 Å². The number of carboxylic acids is 1. The van der Waals surface area contributed by atoms with Gasteiger partial charge in [-0.05, 0) is 67.9 Å². The van der Waals surface area contributed by atoms with Gasteiger partial charge in [0, 0.05) is 29.7 Å². The second-order valence-corrected chi connectivity index (χ2v) is 12.4. The molecule has 2 atom stereocenters. The molecule has 1 saturated heterocycles. The van der Waals surface area contributed by atoms with Crippen LogP contribution in [0, 0.1) is 11.7 Å². The fraction of sp³-hybridized carbons (Fsp3) is 0.500. The quantitative estimate of drug-likeness (QED) is 0.209. The van der Waals surface area contributed by atoms with Crippen LogP contribution in [0.4, 0.5) is 10.1 Å². The number of alkyl halides is 1. The van der Waals surface area contributed by atoms with Crippen molar-refractivity contribution in [1.29, 1.82) is 0 Å². The molecule has 10 nitrogen and oxygen atoms in total. The molecule has 44 heavy (non-hydrogen) atoms. The Bertz CT molecular complexity index is 1520. The summed E-state index contributed by atoms with van der Waals surface area (Å²) in [5.41, 5.74) is 2.38. The van der Waals surface area contributed by atoms with Crippen molar-refractivity contribution in [1.82, 2.24) is 14.7 Å². The van der Waals surface area contributed by atoms with E-state index >= 15 is 4.39 Å². The van der Waals surface area contributed by atoms with Crippen molar-refractivity contribution in [3.05, 3.63) is 59.0 Å². The van der Waals surface area contributed by atoms with Gasteiger partial charge in [-0.3, -0.25) is 19.1 Å². The number of fused-ring (bicyclic) bond motifs is 1. The molecule has 2 N–H and O–H groups in total. The van der Waals surface area contributed by atoms with Crippen LogP contribution >= 0.6 is 22.6 Å². The van der Waals surface area contributed by atoms with Crippen LogP contribution in [0.15, 0.2) is 36.4 Å². The van der Waals surface area contributed by atoms with E-state index in [9.17, 15) is 19.5 Å². The van der Waals surface area contributed by atoms with Crippen molar-refractivity contribution in [2.75, 3.05) is 25.6 Å². The summed E-state index contributed by atoms with van der Waals surface area (Å²) in [7, 11) is 3.36. The standard InChI is InChI=1S/C32H38FIN4O6/c1-37-28-6-4-3-5-25(28)30(36-37)31(40)35-27-15-26(33)20(13-21(27)16-34)14-29(39)38-22(17-43-2)9-10-23(38)18-44-24-11-7-19(8-12-24)32(41)42/h3-6,13,15,19,22-24H,7-12,14,16-18H2,1-2H3,(H,35,40)(H,41,42)/t19-,22-,23-,24-/m0/s1. The summed E-state index contributed by atoms with van der Waals surface area (Å²) in [6.45, 7) is 0.726. The number of hydrogen-bond acceptors (Lipinski definition) is 6. The summed E-state index contributed by atoms with van der Waals surface area (Å²) < 4.78 is 29.2. The maximum absolute atomic E-state index is 15.5. The first-order chi connectivity index (χ1) is 21.2. The molecule has 236 valence electrons.